The molecule has 15 heavy (non-hydrogen) atoms. The lowest BCUT2D eigenvalue weighted by Gasteiger charge is -2.18. The molecule has 1 radical (unpaired) electrons. The molecule has 0 heteroatoms. The molecular formula is C15H31. The Kier molecular flexibility index (Phi) is 9.24. The van der Waals surface area contributed by atoms with E-state index in [2.05, 4.69) is 34.6 Å². The second-order valence-corrected chi connectivity index (χ2v) is 5.64. The third-order valence-electron chi connectivity index (χ3n) is 3.16. The monoisotopic (exact) mass is 211 g/mol. The summed E-state index contributed by atoms with van der Waals surface area (Å²) < 4.78 is 0. The summed E-state index contributed by atoms with van der Waals surface area (Å²) >= 11 is 0. The third-order valence-corrected chi connectivity index (χ3v) is 3.16. The van der Waals surface area contributed by atoms with Crippen molar-refractivity contribution in [3.63, 3.8) is 0 Å². The Morgan fingerprint density at radius 1 is 0.867 bits per heavy atom. The summed E-state index contributed by atoms with van der Waals surface area (Å²) in [5.41, 5.74) is 0. The van der Waals surface area contributed by atoms with Crippen LogP contribution in [-0.4, -0.2) is 0 Å². The van der Waals surface area contributed by atoms with Gasteiger partial charge >= 0.3 is 0 Å². The zero-order valence-electron chi connectivity index (χ0n) is 11.4. The van der Waals surface area contributed by atoms with Gasteiger partial charge in [0, 0.05) is 0 Å². The highest BCUT2D eigenvalue weighted by atomic mass is 14.2. The molecule has 3 atom stereocenters. The van der Waals surface area contributed by atoms with Crippen molar-refractivity contribution in [3.05, 3.63) is 6.92 Å². The van der Waals surface area contributed by atoms with Crippen LogP contribution in [-0.2, 0) is 0 Å². The fourth-order valence-corrected chi connectivity index (χ4v) is 2.51. The zero-order chi connectivity index (χ0) is 11.7. The topological polar surface area (TPSA) is 0 Å². The van der Waals surface area contributed by atoms with E-state index in [0.717, 1.165) is 11.8 Å². The molecule has 0 amide bonds. The van der Waals surface area contributed by atoms with Crippen molar-refractivity contribution in [1.82, 2.24) is 0 Å². The molecule has 0 aromatic rings. The summed E-state index contributed by atoms with van der Waals surface area (Å²) in [6.07, 6.45) is 9.74. The zero-order valence-corrected chi connectivity index (χ0v) is 11.4. The van der Waals surface area contributed by atoms with E-state index in [1.165, 1.54) is 44.9 Å². The Balaban J connectivity index is 3.42. The number of rotatable bonds is 9. The second-order valence-electron chi connectivity index (χ2n) is 5.64. The molecule has 0 aliphatic heterocycles. The molecule has 0 spiro atoms. The maximum Gasteiger partial charge on any atom is -0.0438 e. The van der Waals surface area contributed by atoms with Gasteiger partial charge < -0.3 is 0 Å². The molecule has 0 aliphatic rings. The molecule has 3 unspecified atom stereocenters. The number of unbranched alkanes of at least 4 members (excludes halogenated alkanes) is 3. The minimum atomic E-state index is 0.618. The molecule has 0 aromatic carbocycles. The molecule has 0 saturated carbocycles. The van der Waals surface area contributed by atoms with Crippen LogP contribution in [0.5, 0.6) is 0 Å². The Labute approximate surface area is 97.8 Å². The van der Waals surface area contributed by atoms with Crippen molar-refractivity contribution < 1.29 is 0 Å². The Morgan fingerprint density at radius 3 is 2.07 bits per heavy atom. The van der Waals surface area contributed by atoms with Crippen molar-refractivity contribution in [2.75, 3.05) is 0 Å². The van der Waals surface area contributed by atoms with Crippen LogP contribution in [0.2, 0.25) is 0 Å². The maximum atomic E-state index is 4.07. The van der Waals surface area contributed by atoms with Crippen LogP contribution in [0.3, 0.4) is 0 Å². The van der Waals surface area contributed by atoms with E-state index in [9.17, 15) is 0 Å². The fourth-order valence-electron chi connectivity index (χ4n) is 2.51. The fraction of sp³-hybridized carbons (Fsp3) is 0.933. The third kappa shape index (κ3) is 10.3. The van der Waals surface area contributed by atoms with E-state index in [1.807, 2.05) is 0 Å². The van der Waals surface area contributed by atoms with E-state index in [0.29, 0.717) is 5.92 Å². The summed E-state index contributed by atoms with van der Waals surface area (Å²) in [4.78, 5) is 0. The van der Waals surface area contributed by atoms with Crippen LogP contribution in [0, 0.1) is 24.7 Å². The van der Waals surface area contributed by atoms with Gasteiger partial charge in [-0.05, 0) is 30.6 Å². The summed E-state index contributed by atoms with van der Waals surface area (Å²) in [7, 11) is 0. The molecule has 91 valence electrons. The van der Waals surface area contributed by atoms with Gasteiger partial charge in [-0.25, -0.2) is 0 Å². The van der Waals surface area contributed by atoms with Gasteiger partial charge in [-0.1, -0.05) is 66.7 Å². The average Bonchev–Trinajstić information content (AvgIpc) is 2.10. The van der Waals surface area contributed by atoms with E-state index in [4.69, 9.17) is 0 Å². The Bertz CT molecular complexity index is 126. The SMILES string of the molecule is [CH2]C(C)CC(C)CC(C)CCCCCC. The van der Waals surface area contributed by atoms with Gasteiger partial charge in [0.1, 0.15) is 0 Å². The molecule has 0 heterocycles. The Morgan fingerprint density at radius 2 is 1.53 bits per heavy atom. The van der Waals surface area contributed by atoms with Crippen molar-refractivity contribution in [1.29, 1.82) is 0 Å². The van der Waals surface area contributed by atoms with Gasteiger partial charge in [0.05, 0.1) is 0 Å². The smallest absolute Gasteiger partial charge is 0.0438 e. The summed E-state index contributed by atoms with van der Waals surface area (Å²) in [6, 6.07) is 0. The van der Waals surface area contributed by atoms with Gasteiger partial charge in [0.25, 0.3) is 0 Å². The highest BCUT2D eigenvalue weighted by molar-refractivity contribution is 4.64. The first-order chi connectivity index (χ1) is 7.06. The lowest BCUT2D eigenvalue weighted by Crippen LogP contribution is -2.06. The predicted molar refractivity (Wildman–Crippen MR) is 70.8 cm³/mol. The summed E-state index contributed by atoms with van der Waals surface area (Å²) in [5.74, 6) is 2.39. The quantitative estimate of drug-likeness (QED) is 0.443. The summed E-state index contributed by atoms with van der Waals surface area (Å²) in [5, 5.41) is 0. The minimum absolute atomic E-state index is 0.618. The van der Waals surface area contributed by atoms with Gasteiger partial charge in [0.15, 0.2) is 0 Å². The van der Waals surface area contributed by atoms with Crippen LogP contribution in [0.25, 0.3) is 0 Å². The first-order valence-electron chi connectivity index (χ1n) is 6.89. The molecule has 0 saturated heterocycles. The van der Waals surface area contributed by atoms with Crippen LogP contribution in [0.1, 0.15) is 72.6 Å². The molecule has 0 aromatic heterocycles. The van der Waals surface area contributed by atoms with Crippen LogP contribution >= 0.6 is 0 Å². The highest BCUT2D eigenvalue weighted by Crippen LogP contribution is 2.22. The summed E-state index contributed by atoms with van der Waals surface area (Å²) in [6.45, 7) is 13.4. The number of hydrogen-bond acceptors (Lipinski definition) is 0. The Hall–Kier alpha value is 0. The van der Waals surface area contributed by atoms with E-state index in [1.54, 1.807) is 0 Å². The van der Waals surface area contributed by atoms with Crippen LogP contribution < -0.4 is 0 Å². The lowest BCUT2D eigenvalue weighted by molar-refractivity contribution is 0.346. The molecule has 0 fully saturated rings. The molecule has 0 rings (SSSR count). The highest BCUT2D eigenvalue weighted by Gasteiger charge is 2.10. The van der Waals surface area contributed by atoms with Gasteiger partial charge in [-0.15, -0.1) is 0 Å². The lowest BCUT2D eigenvalue weighted by atomic mass is 9.88. The van der Waals surface area contributed by atoms with Gasteiger partial charge in [-0.2, -0.15) is 0 Å². The molecule has 0 nitrogen and oxygen atoms in total. The van der Waals surface area contributed by atoms with E-state index >= 15 is 0 Å². The first-order valence-corrected chi connectivity index (χ1v) is 6.89. The molecule has 0 bridgehead atoms. The van der Waals surface area contributed by atoms with Crippen molar-refractivity contribution in [2.24, 2.45) is 17.8 Å². The van der Waals surface area contributed by atoms with Crippen LogP contribution in [0.15, 0.2) is 0 Å². The molecule has 0 N–H and O–H groups in total. The van der Waals surface area contributed by atoms with Crippen molar-refractivity contribution >= 4 is 0 Å². The average molecular weight is 211 g/mol. The van der Waals surface area contributed by atoms with Crippen molar-refractivity contribution in [2.45, 2.75) is 72.6 Å². The first kappa shape index (κ1) is 15.0. The van der Waals surface area contributed by atoms with Gasteiger partial charge in [-0.3, -0.25) is 0 Å². The standard InChI is InChI=1S/C15H31/c1-6-7-8-9-10-14(4)12-15(5)11-13(2)3/h13-15H,2,6-12H2,1,3-5H3. The van der Waals surface area contributed by atoms with Crippen LogP contribution in [0.4, 0.5) is 0 Å². The molecular weight excluding hydrogens is 180 g/mol. The maximum absolute atomic E-state index is 4.07. The minimum Gasteiger partial charge on any atom is -0.0654 e. The van der Waals surface area contributed by atoms with Gasteiger partial charge in [0.2, 0.25) is 0 Å². The van der Waals surface area contributed by atoms with E-state index < -0.39 is 0 Å². The normalized spacial score (nSPS) is 15.6. The predicted octanol–water partition coefficient (Wildman–Crippen LogP) is 5.48. The van der Waals surface area contributed by atoms with Crippen molar-refractivity contribution in [3.8, 4) is 0 Å². The second kappa shape index (κ2) is 9.24. The largest absolute Gasteiger partial charge is 0.0654 e. The van der Waals surface area contributed by atoms with E-state index in [-0.39, 0.29) is 0 Å². The molecule has 0 aliphatic carbocycles. The number of hydrogen-bond donors (Lipinski definition) is 0.